The summed E-state index contributed by atoms with van der Waals surface area (Å²) in [5, 5.41) is 9.23. The van der Waals surface area contributed by atoms with Gasteiger partial charge in [0, 0.05) is 25.7 Å². The normalized spacial score (nSPS) is 23.0. The number of aliphatic hydroxyl groups excluding tert-OH is 1. The van der Waals surface area contributed by atoms with E-state index in [1.807, 2.05) is 0 Å². The van der Waals surface area contributed by atoms with E-state index in [0.29, 0.717) is 0 Å². The standard InChI is InChI=1S/C14H28N2O3S/c1-15(13-7-3-2-4-8-13)20(18,19)16(11-12-17)14-9-5-6-10-14/h13-14,17H,2-12H2,1H3. The molecule has 0 saturated heterocycles. The minimum Gasteiger partial charge on any atom is -0.395 e. The summed E-state index contributed by atoms with van der Waals surface area (Å²) >= 11 is 0. The van der Waals surface area contributed by atoms with Gasteiger partial charge in [-0.1, -0.05) is 32.1 Å². The van der Waals surface area contributed by atoms with Gasteiger partial charge in [-0.25, -0.2) is 0 Å². The fourth-order valence-electron chi connectivity index (χ4n) is 3.58. The molecule has 0 aliphatic heterocycles. The van der Waals surface area contributed by atoms with Crippen molar-refractivity contribution in [2.75, 3.05) is 20.2 Å². The Balaban J connectivity index is 2.11. The predicted octanol–water partition coefficient (Wildman–Crippen LogP) is 1.73. The highest BCUT2D eigenvalue weighted by atomic mass is 32.2. The van der Waals surface area contributed by atoms with Crippen LogP contribution >= 0.6 is 0 Å². The third kappa shape index (κ3) is 3.53. The van der Waals surface area contributed by atoms with Crippen LogP contribution in [-0.4, -0.2) is 54.4 Å². The summed E-state index contributed by atoms with van der Waals surface area (Å²) in [6, 6.07) is 0.217. The van der Waals surface area contributed by atoms with Gasteiger partial charge in [0.1, 0.15) is 0 Å². The minimum atomic E-state index is -3.44. The van der Waals surface area contributed by atoms with Crippen molar-refractivity contribution in [1.82, 2.24) is 8.61 Å². The first-order chi connectivity index (χ1) is 9.57. The molecule has 0 unspecified atom stereocenters. The molecular formula is C14H28N2O3S. The van der Waals surface area contributed by atoms with Crippen LogP contribution in [0.15, 0.2) is 0 Å². The van der Waals surface area contributed by atoms with Gasteiger partial charge in [-0.15, -0.1) is 0 Å². The summed E-state index contributed by atoms with van der Waals surface area (Å²) in [6.45, 7) is 0.123. The van der Waals surface area contributed by atoms with E-state index in [1.54, 1.807) is 15.7 Å². The van der Waals surface area contributed by atoms with Gasteiger partial charge in [0.15, 0.2) is 0 Å². The Morgan fingerprint density at radius 3 is 2.00 bits per heavy atom. The molecule has 0 spiro atoms. The summed E-state index contributed by atoms with van der Waals surface area (Å²) in [4.78, 5) is 0. The molecule has 0 atom stereocenters. The van der Waals surface area contributed by atoms with Crippen molar-refractivity contribution in [3.05, 3.63) is 0 Å². The Bertz CT molecular complexity index is 387. The van der Waals surface area contributed by atoms with E-state index in [1.165, 1.54) is 6.42 Å². The molecule has 0 radical (unpaired) electrons. The van der Waals surface area contributed by atoms with Crippen molar-refractivity contribution in [1.29, 1.82) is 0 Å². The van der Waals surface area contributed by atoms with Gasteiger partial charge in [0.05, 0.1) is 6.61 Å². The maximum Gasteiger partial charge on any atom is 0.282 e. The first-order valence-corrected chi connectivity index (χ1v) is 9.32. The second kappa shape index (κ2) is 7.20. The highest BCUT2D eigenvalue weighted by molar-refractivity contribution is 7.86. The van der Waals surface area contributed by atoms with E-state index < -0.39 is 10.2 Å². The second-order valence-electron chi connectivity index (χ2n) is 6.09. The SMILES string of the molecule is CN(C1CCCCC1)S(=O)(=O)N(CCO)C1CCCC1. The molecular weight excluding hydrogens is 276 g/mol. The second-order valence-corrected chi connectivity index (χ2v) is 8.03. The van der Waals surface area contributed by atoms with Crippen LogP contribution in [0.25, 0.3) is 0 Å². The van der Waals surface area contributed by atoms with Crippen LogP contribution in [0.5, 0.6) is 0 Å². The average Bonchev–Trinajstić information content (AvgIpc) is 2.98. The Kier molecular flexibility index (Phi) is 5.84. The molecule has 2 rings (SSSR count). The molecule has 0 bridgehead atoms. The molecule has 2 saturated carbocycles. The van der Waals surface area contributed by atoms with Crippen molar-refractivity contribution >= 4 is 10.2 Å². The summed E-state index contributed by atoms with van der Waals surface area (Å²) in [5.74, 6) is 0. The lowest BCUT2D eigenvalue weighted by Gasteiger charge is -2.36. The van der Waals surface area contributed by atoms with E-state index in [9.17, 15) is 13.5 Å². The van der Waals surface area contributed by atoms with E-state index in [-0.39, 0.29) is 25.2 Å². The van der Waals surface area contributed by atoms with Crippen LogP contribution in [-0.2, 0) is 10.2 Å². The van der Waals surface area contributed by atoms with Crippen molar-refractivity contribution in [2.24, 2.45) is 0 Å². The molecule has 118 valence electrons. The Morgan fingerprint density at radius 1 is 0.950 bits per heavy atom. The zero-order valence-corrected chi connectivity index (χ0v) is 13.3. The molecule has 0 aromatic rings. The van der Waals surface area contributed by atoms with Gasteiger partial charge in [-0.3, -0.25) is 0 Å². The largest absolute Gasteiger partial charge is 0.395 e. The number of rotatable bonds is 6. The van der Waals surface area contributed by atoms with Gasteiger partial charge in [0.2, 0.25) is 0 Å². The highest BCUT2D eigenvalue weighted by Gasteiger charge is 2.37. The number of aliphatic hydroxyl groups is 1. The van der Waals surface area contributed by atoms with E-state index >= 15 is 0 Å². The molecule has 0 heterocycles. The summed E-state index contributed by atoms with van der Waals surface area (Å²) < 4.78 is 28.8. The van der Waals surface area contributed by atoms with Crippen LogP contribution in [0.4, 0.5) is 0 Å². The van der Waals surface area contributed by atoms with E-state index in [2.05, 4.69) is 0 Å². The lowest BCUT2D eigenvalue weighted by Crippen LogP contribution is -2.51. The third-order valence-corrected chi connectivity index (χ3v) is 6.90. The van der Waals surface area contributed by atoms with Crippen molar-refractivity contribution in [3.63, 3.8) is 0 Å². The lowest BCUT2D eigenvalue weighted by molar-refractivity contribution is 0.204. The quantitative estimate of drug-likeness (QED) is 0.813. The fraction of sp³-hybridized carbons (Fsp3) is 1.00. The van der Waals surface area contributed by atoms with Crippen molar-refractivity contribution in [3.8, 4) is 0 Å². The van der Waals surface area contributed by atoms with Crippen LogP contribution in [0, 0.1) is 0 Å². The zero-order valence-electron chi connectivity index (χ0n) is 12.5. The van der Waals surface area contributed by atoms with Crippen LogP contribution in [0.3, 0.4) is 0 Å². The average molecular weight is 304 g/mol. The van der Waals surface area contributed by atoms with Crippen molar-refractivity contribution in [2.45, 2.75) is 69.9 Å². The minimum absolute atomic E-state index is 0.0817. The lowest BCUT2D eigenvalue weighted by atomic mass is 9.96. The van der Waals surface area contributed by atoms with Gasteiger partial charge < -0.3 is 5.11 Å². The molecule has 2 fully saturated rings. The van der Waals surface area contributed by atoms with Crippen molar-refractivity contribution < 1.29 is 13.5 Å². The number of nitrogens with zero attached hydrogens (tertiary/aromatic N) is 2. The summed E-state index contributed by atoms with van der Waals surface area (Å²) in [6.07, 6.45) is 9.43. The van der Waals surface area contributed by atoms with Gasteiger partial charge in [-0.2, -0.15) is 17.0 Å². The first-order valence-electron chi connectivity index (χ1n) is 7.93. The Morgan fingerprint density at radius 2 is 1.45 bits per heavy atom. The predicted molar refractivity (Wildman–Crippen MR) is 79.6 cm³/mol. The summed E-state index contributed by atoms with van der Waals surface area (Å²) in [7, 11) is -1.73. The molecule has 5 nitrogen and oxygen atoms in total. The van der Waals surface area contributed by atoms with Crippen LogP contribution in [0.1, 0.15) is 57.8 Å². The molecule has 0 aromatic heterocycles. The van der Waals surface area contributed by atoms with Gasteiger partial charge >= 0.3 is 0 Å². The number of hydrogen-bond donors (Lipinski definition) is 1. The van der Waals surface area contributed by atoms with E-state index in [4.69, 9.17) is 0 Å². The molecule has 0 aromatic carbocycles. The zero-order chi connectivity index (χ0) is 14.6. The van der Waals surface area contributed by atoms with Crippen LogP contribution < -0.4 is 0 Å². The van der Waals surface area contributed by atoms with Gasteiger partial charge in [-0.05, 0) is 25.7 Å². The number of hydrogen-bond acceptors (Lipinski definition) is 3. The fourth-order valence-corrected chi connectivity index (χ4v) is 5.39. The molecule has 6 heteroatoms. The van der Waals surface area contributed by atoms with Gasteiger partial charge in [0.25, 0.3) is 10.2 Å². The molecule has 2 aliphatic rings. The monoisotopic (exact) mass is 304 g/mol. The highest BCUT2D eigenvalue weighted by Crippen LogP contribution is 2.29. The Labute approximate surface area is 123 Å². The molecule has 0 amide bonds. The topological polar surface area (TPSA) is 60.9 Å². The summed E-state index contributed by atoms with van der Waals surface area (Å²) in [5.41, 5.74) is 0. The third-order valence-electron chi connectivity index (χ3n) is 4.80. The first kappa shape index (κ1) is 16.2. The maximum atomic E-state index is 12.8. The molecule has 20 heavy (non-hydrogen) atoms. The molecule has 2 aliphatic carbocycles. The maximum absolute atomic E-state index is 12.8. The van der Waals surface area contributed by atoms with E-state index in [0.717, 1.165) is 51.4 Å². The molecule has 1 N–H and O–H groups in total. The van der Waals surface area contributed by atoms with Crippen LogP contribution in [0.2, 0.25) is 0 Å². The Hall–Kier alpha value is -0.170. The smallest absolute Gasteiger partial charge is 0.282 e.